The monoisotopic (exact) mass is 154 g/mol. The Morgan fingerprint density at radius 1 is 1.82 bits per heavy atom. The molecular weight excluding hydrogens is 144 g/mol. The SMILES string of the molecule is CO[C@H]1COc2ccnn2C1. The van der Waals surface area contributed by atoms with Crippen molar-refractivity contribution in [1.29, 1.82) is 0 Å². The molecule has 0 aromatic carbocycles. The molecule has 1 aromatic rings. The lowest BCUT2D eigenvalue weighted by Crippen LogP contribution is -2.31. The Morgan fingerprint density at radius 2 is 2.73 bits per heavy atom. The summed E-state index contributed by atoms with van der Waals surface area (Å²) < 4.78 is 12.3. The number of methoxy groups -OCH3 is 1. The van der Waals surface area contributed by atoms with Crippen molar-refractivity contribution in [1.82, 2.24) is 9.78 Å². The summed E-state index contributed by atoms with van der Waals surface area (Å²) in [6.45, 7) is 1.42. The quantitative estimate of drug-likeness (QED) is 0.583. The molecule has 0 radical (unpaired) electrons. The van der Waals surface area contributed by atoms with E-state index in [-0.39, 0.29) is 6.10 Å². The Labute approximate surface area is 64.7 Å². The molecule has 0 saturated heterocycles. The molecule has 0 saturated carbocycles. The largest absolute Gasteiger partial charge is 0.475 e. The fourth-order valence-corrected chi connectivity index (χ4v) is 1.15. The molecule has 0 unspecified atom stereocenters. The van der Waals surface area contributed by atoms with Crippen LogP contribution < -0.4 is 4.74 Å². The summed E-state index contributed by atoms with van der Waals surface area (Å²) in [5.74, 6) is 0.832. The molecule has 1 aromatic heterocycles. The number of ether oxygens (including phenoxy) is 2. The fourth-order valence-electron chi connectivity index (χ4n) is 1.15. The molecule has 0 aliphatic carbocycles. The minimum atomic E-state index is 0.141. The smallest absolute Gasteiger partial charge is 0.211 e. The maximum Gasteiger partial charge on any atom is 0.211 e. The molecule has 2 rings (SSSR count). The van der Waals surface area contributed by atoms with Gasteiger partial charge in [0.1, 0.15) is 12.7 Å². The maximum atomic E-state index is 5.34. The van der Waals surface area contributed by atoms with Crippen LogP contribution >= 0.6 is 0 Å². The Balaban J connectivity index is 2.18. The van der Waals surface area contributed by atoms with Crippen LogP contribution in [0.1, 0.15) is 0 Å². The average Bonchev–Trinajstić information content (AvgIpc) is 2.50. The van der Waals surface area contributed by atoms with E-state index >= 15 is 0 Å². The van der Waals surface area contributed by atoms with Crippen LogP contribution in [0.4, 0.5) is 0 Å². The van der Waals surface area contributed by atoms with Gasteiger partial charge < -0.3 is 9.47 Å². The third-order valence-corrected chi connectivity index (χ3v) is 1.80. The van der Waals surface area contributed by atoms with Crippen LogP contribution in [0.2, 0.25) is 0 Å². The van der Waals surface area contributed by atoms with Crippen LogP contribution in [0.5, 0.6) is 5.88 Å². The van der Waals surface area contributed by atoms with Gasteiger partial charge in [0.2, 0.25) is 5.88 Å². The first-order valence-electron chi connectivity index (χ1n) is 3.57. The van der Waals surface area contributed by atoms with Crippen LogP contribution in [0.3, 0.4) is 0 Å². The van der Waals surface area contributed by atoms with Crippen LogP contribution in [-0.4, -0.2) is 29.6 Å². The summed E-state index contributed by atoms with van der Waals surface area (Å²) in [4.78, 5) is 0. The first kappa shape index (κ1) is 6.67. The van der Waals surface area contributed by atoms with Crippen molar-refractivity contribution in [3.8, 4) is 5.88 Å². The van der Waals surface area contributed by atoms with E-state index < -0.39 is 0 Å². The van der Waals surface area contributed by atoms with E-state index in [2.05, 4.69) is 5.10 Å². The van der Waals surface area contributed by atoms with Gasteiger partial charge >= 0.3 is 0 Å². The molecule has 1 atom stereocenters. The number of hydrogen-bond donors (Lipinski definition) is 0. The highest BCUT2D eigenvalue weighted by Crippen LogP contribution is 2.16. The fraction of sp³-hybridized carbons (Fsp3) is 0.571. The maximum absolute atomic E-state index is 5.34. The molecule has 0 N–H and O–H groups in total. The van der Waals surface area contributed by atoms with Crippen LogP contribution in [-0.2, 0) is 11.3 Å². The molecule has 2 heterocycles. The lowest BCUT2D eigenvalue weighted by Gasteiger charge is -2.22. The Kier molecular flexibility index (Phi) is 1.54. The first-order chi connectivity index (χ1) is 5.40. The summed E-state index contributed by atoms with van der Waals surface area (Å²) in [5.41, 5.74) is 0. The molecule has 11 heavy (non-hydrogen) atoms. The van der Waals surface area contributed by atoms with Crippen molar-refractivity contribution in [3.63, 3.8) is 0 Å². The lowest BCUT2D eigenvalue weighted by atomic mass is 10.3. The number of nitrogens with zero attached hydrogens (tertiary/aromatic N) is 2. The topological polar surface area (TPSA) is 36.3 Å². The highest BCUT2D eigenvalue weighted by atomic mass is 16.5. The van der Waals surface area contributed by atoms with Crippen molar-refractivity contribution >= 4 is 0 Å². The van der Waals surface area contributed by atoms with Gasteiger partial charge in [0, 0.05) is 13.2 Å². The van der Waals surface area contributed by atoms with E-state index in [1.807, 2.05) is 6.07 Å². The first-order valence-corrected chi connectivity index (χ1v) is 3.57. The van der Waals surface area contributed by atoms with Crippen LogP contribution in [0, 0.1) is 0 Å². The molecule has 0 bridgehead atoms. The molecule has 4 nitrogen and oxygen atoms in total. The van der Waals surface area contributed by atoms with Gasteiger partial charge in [-0.1, -0.05) is 0 Å². The van der Waals surface area contributed by atoms with Gasteiger partial charge in [0.25, 0.3) is 0 Å². The summed E-state index contributed by atoms with van der Waals surface area (Å²) >= 11 is 0. The summed E-state index contributed by atoms with van der Waals surface area (Å²) in [6.07, 6.45) is 1.87. The van der Waals surface area contributed by atoms with Gasteiger partial charge in [-0.25, -0.2) is 4.68 Å². The van der Waals surface area contributed by atoms with E-state index in [4.69, 9.17) is 9.47 Å². The second-order valence-corrected chi connectivity index (χ2v) is 2.52. The van der Waals surface area contributed by atoms with Gasteiger partial charge in [-0.15, -0.1) is 0 Å². The van der Waals surface area contributed by atoms with Gasteiger partial charge in [0.05, 0.1) is 12.7 Å². The highest BCUT2D eigenvalue weighted by molar-refractivity contribution is 5.09. The van der Waals surface area contributed by atoms with Crippen molar-refractivity contribution in [2.75, 3.05) is 13.7 Å². The second kappa shape index (κ2) is 2.54. The van der Waals surface area contributed by atoms with E-state index in [1.54, 1.807) is 18.0 Å². The van der Waals surface area contributed by atoms with Crippen molar-refractivity contribution in [2.24, 2.45) is 0 Å². The van der Waals surface area contributed by atoms with Gasteiger partial charge in [-0.2, -0.15) is 5.10 Å². The average molecular weight is 154 g/mol. The molecule has 0 fully saturated rings. The standard InChI is InChI=1S/C7H10N2O2/c1-10-6-4-9-7(11-5-6)2-3-8-9/h2-3,6H,4-5H2,1H3/t6-/m1/s1. The number of hydrogen-bond acceptors (Lipinski definition) is 3. The Hall–Kier alpha value is -1.03. The van der Waals surface area contributed by atoms with Crippen molar-refractivity contribution in [3.05, 3.63) is 12.3 Å². The molecule has 4 heteroatoms. The third kappa shape index (κ3) is 1.09. The molecular formula is C7H10N2O2. The zero-order chi connectivity index (χ0) is 7.68. The second-order valence-electron chi connectivity index (χ2n) is 2.52. The molecule has 0 spiro atoms. The predicted octanol–water partition coefficient (Wildman–Crippen LogP) is 0.290. The van der Waals surface area contributed by atoms with Crippen LogP contribution in [0.15, 0.2) is 12.3 Å². The van der Waals surface area contributed by atoms with Crippen LogP contribution in [0.25, 0.3) is 0 Å². The normalized spacial score (nSPS) is 22.5. The third-order valence-electron chi connectivity index (χ3n) is 1.80. The number of rotatable bonds is 1. The highest BCUT2D eigenvalue weighted by Gasteiger charge is 2.18. The minimum Gasteiger partial charge on any atom is -0.475 e. The van der Waals surface area contributed by atoms with Crippen molar-refractivity contribution in [2.45, 2.75) is 12.6 Å². The molecule has 60 valence electrons. The van der Waals surface area contributed by atoms with E-state index in [0.29, 0.717) is 6.61 Å². The Morgan fingerprint density at radius 3 is 3.55 bits per heavy atom. The molecule has 1 aliphatic heterocycles. The van der Waals surface area contributed by atoms with Crippen molar-refractivity contribution < 1.29 is 9.47 Å². The number of aromatic nitrogens is 2. The zero-order valence-electron chi connectivity index (χ0n) is 6.36. The summed E-state index contributed by atoms with van der Waals surface area (Å²) in [6, 6.07) is 1.85. The molecule has 0 amide bonds. The predicted molar refractivity (Wildman–Crippen MR) is 38.5 cm³/mol. The zero-order valence-corrected chi connectivity index (χ0v) is 6.36. The van der Waals surface area contributed by atoms with E-state index in [0.717, 1.165) is 12.4 Å². The van der Waals surface area contributed by atoms with E-state index in [1.165, 1.54) is 0 Å². The van der Waals surface area contributed by atoms with Gasteiger partial charge in [-0.05, 0) is 0 Å². The molecule has 1 aliphatic rings. The van der Waals surface area contributed by atoms with Gasteiger partial charge in [0.15, 0.2) is 0 Å². The van der Waals surface area contributed by atoms with E-state index in [9.17, 15) is 0 Å². The summed E-state index contributed by atoms with van der Waals surface area (Å²) in [5, 5.41) is 4.07. The van der Waals surface area contributed by atoms with Gasteiger partial charge in [-0.3, -0.25) is 0 Å². The number of fused-ring (bicyclic) bond motifs is 1. The Bertz CT molecular complexity index is 246. The lowest BCUT2D eigenvalue weighted by molar-refractivity contribution is 0.0179. The minimum absolute atomic E-state index is 0.141. The summed E-state index contributed by atoms with van der Waals surface area (Å²) in [7, 11) is 1.68.